The van der Waals surface area contributed by atoms with E-state index in [0.717, 1.165) is 0 Å². The van der Waals surface area contributed by atoms with Gasteiger partial charge in [-0.25, -0.2) is 0 Å². The number of hydrogen-bond acceptors (Lipinski definition) is 1. The average molecular weight is 366 g/mol. The SMILES string of the molecule is CC=CC[Si](CCC)(CCC)CN1CCCCCCCCCCCC1. The van der Waals surface area contributed by atoms with Crippen molar-refractivity contribution in [3.05, 3.63) is 12.2 Å². The molecule has 1 rings (SSSR count). The van der Waals surface area contributed by atoms with Crippen molar-refractivity contribution in [2.75, 3.05) is 19.3 Å². The molecule has 0 unspecified atom stereocenters. The maximum atomic E-state index is 2.92. The minimum absolute atomic E-state index is 1.17. The van der Waals surface area contributed by atoms with Crippen LogP contribution in [0.5, 0.6) is 0 Å². The van der Waals surface area contributed by atoms with E-state index >= 15 is 0 Å². The minimum atomic E-state index is -1.17. The molecule has 2 heteroatoms. The van der Waals surface area contributed by atoms with Crippen LogP contribution in [-0.4, -0.2) is 32.2 Å². The maximum Gasteiger partial charge on any atom is 0.0727 e. The molecule has 1 saturated heterocycles. The molecule has 0 spiro atoms. The van der Waals surface area contributed by atoms with Gasteiger partial charge in [-0.1, -0.05) is 102 Å². The highest BCUT2D eigenvalue weighted by molar-refractivity contribution is 6.80. The number of allylic oxidation sites excluding steroid dienone is 2. The second kappa shape index (κ2) is 15.0. The van der Waals surface area contributed by atoms with E-state index in [0.29, 0.717) is 0 Å². The minimum Gasteiger partial charge on any atom is -0.306 e. The van der Waals surface area contributed by atoms with Gasteiger partial charge in [0, 0.05) is 0 Å². The van der Waals surface area contributed by atoms with Gasteiger partial charge in [-0.15, -0.1) is 0 Å². The molecule has 0 bridgehead atoms. The molecule has 1 heterocycles. The number of nitrogens with zero attached hydrogens (tertiary/aromatic N) is 1. The van der Waals surface area contributed by atoms with Crippen LogP contribution in [0, 0.1) is 0 Å². The van der Waals surface area contributed by atoms with Crippen LogP contribution in [0.1, 0.15) is 97.8 Å². The fourth-order valence-corrected chi connectivity index (χ4v) is 10.0. The summed E-state index contributed by atoms with van der Waals surface area (Å²) in [5.41, 5.74) is 0. The lowest BCUT2D eigenvalue weighted by molar-refractivity contribution is 0.294. The molecular formula is C23H47NSi. The van der Waals surface area contributed by atoms with E-state index in [1.54, 1.807) is 0 Å². The van der Waals surface area contributed by atoms with Gasteiger partial charge in [0.25, 0.3) is 0 Å². The van der Waals surface area contributed by atoms with E-state index in [9.17, 15) is 0 Å². The first-order valence-electron chi connectivity index (χ1n) is 11.6. The van der Waals surface area contributed by atoms with Gasteiger partial charge in [-0.3, -0.25) is 0 Å². The Kier molecular flexibility index (Phi) is 13.8. The summed E-state index contributed by atoms with van der Waals surface area (Å²) in [4.78, 5) is 2.92. The lowest BCUT2D eigenvalue weighted by atomic mass is 10.1. The van der Waals surface area contributed by atoms with E-state index in [4.69, 9.17) is 0 Å². The summed E-state index contributed by atoms with van der Waals surface area (Å²) in [5.74, 6) is 0. The van der Waals surface area contributed by atoms with Crippen LogP contribution in [-0.2, 0) is 0 Å². The summed E-state index contributed by atoms with van der Waals surface area (Å²) < 4.78 is 0. The second-order valence-corrected chi connectivity index (χ2v) is 13.3. The van der Waals surface area contributed by atoms with E-state index in [1.165, 1.54) is 114 Å². The molecule has 0 radical (unpaired) electrons. The van der Waals surface area contributed by atoms with Crippen molar-refractivity contribution in [3.8, 4) is 0 Å². The number of hydrogen-bond donors (Lipinski definition) is 0. The summed E-state index contributed by atoms with van der Waals surface area (Å²) in [5, 5.41) is 0. The highest BCUT2D eigenvalue weighted by Crippen LogP contribution is 2.27. The predicted octanol–water partition coefficient (Wildman–Crippen LogP) is 7.59. The normalized spacial score (nSPS) is 20.1. The summed E-state index contributed by atoms with van der Waals surface area (Å²) in [6, 6.07) is 4.48. The van der Waals surface area contributed by atoms with Crippen LogP contribution in [0.3, 0.4) is 0 Å². The zero-order chi connectivity index (χ0) is 18.2. The Balaban J connectivity index is 2.69. The predicted molar refractivity (Wildman–Crippen MR) is 118 cm³/mol. The molecule has 0 saturated carbocycles. The van der Waals surface area contributed by atoms with Crippen LogP contribution in [0.2, 0.25) is 18.1 Å². The van der Waals surface area contributed by atoms with Gasteiger partial charge in [-0.05, 0) is 45.1 Å². The van der Waals surface area contributed by atoms with Crippen molar-refractivity contribution < 1.29 is 0 Å². The summed E-state index contributed by atoms with van der Waals surface area (Å²) in [6.45, 7) is 9.77. The third-order valence-corrected chi connectivity index (χ3v) is 11.4. The van der Waals surface area contributed by atoms with Gasteiger partial charge in [0.15, 0.2) is 0 Å². The smallest absolute Gasteiger partial charge is 0.0727 e. The topological polar surface area (TPSA) is 3.24 Å². The number of rotatable bonds is 8. The van der Waals surface area contributed by atoms with Crippen molar-refractivity contribution in [2.45, 2.75) is 116 Å². The van der Waals surface area contributed by atoms with Crippen LogP contribution in [0.15, 0.2) is 12.2 Å². The van der Waals surface area contributed by atoms with Gasteiger partial charge in [0.2, 0.25) is 0 Å². The van der Waals surface area contributed by atoms with Crippen molar-refractivity contribution in [2.24, 2.45) is 0 Å². The van der Waals surface area contributed by atoms with E-state index in [1.807, 2.05) is 0 Å². The van der Waals surface area contributed by atoms with Crippen molar-refractivity contribution in [3.63, 3.8) is 0 Å². The highest BCUT2D eigenvalue weighted by atomic mass is 28.3. The first-order chi connectivity index (χ1) is 12.3. The molecule has 0 aliphatic carbocycles. The molecule has 0 N–H and O–H groups in total. The van der Waals surface area contributed by atoms with Gasteiger partial charge in [0.1, 0.15) is 0 Å². The molecule has 0 amide bonds. The standard InChI is InChI=1S/C23H47NSi/c1-4-7-22-25(20-5-2,21-6-3)23-24-18-16-14-12-10-8-9-11-13-15-17-19-24/h4,7H,5-6,8-23H2,1-3H3. The van der Waals surface area contributed by atoms with E-state index < -0.39 is 8.07 Å². The Morgan fingerprint density at radius 1 is 0.720 bits per heavy atom. The molecule has 0 aromatic rings. The molecule has 25 heavy (non-hydrogen) atoms. The molecule has 0 atom stereocenters. The molecule has 148 valence electrons. The van der Waals surface area contributed by atoms with Crippen molar-refractivity contribution >= 4 is 8.07 Å². The first kappa shape index (κ1) is 23.0. The van der Waals surface area contributed by atoms with Gasteiger partial charge in [-0.2, -0.15) is 0 Å². The fraction of sp³-hybridized carbons (Fsp3) is 0.913. The molecular weight excluding hydrogens is 318 g/mol. The van der Waals surface area contributed by atoms with E-state index in [-0.39, 0.29) is 0 Å². The molecule has 0 aromatic carbocycles. The average Bonchev–Trinajstić information content (AvgIpc) is 2.63. The Morgan fingerprint density at radius 3 is 1.56 bits per heavy atom. The summed E-state index contributed by atoms with van der Waals surface area (Å²) in [7, 11) is -1.17. The Bertz CT molecular complexity index is 306. The van der Waals surface area contributed by atoms with Gasteiger partial charge < -0.3 is 4.90 Å². The molecule has 1 aliphatic heterocycles. The zero-order valence-electron chi connectivity index (χ0n) is 17.8. The monoisotopic (exact) mass is 365 g/mol. The molecule has 1 fully saturated rings. The quantitative estimate of drug-likeness (QED) is 0.316. The summed E-state index contributed by atoms with van der Waals surface area (Å²) in [6.07, 6.45) is 23.7. The van der Waals surface area contributed by atoms with Crippen molar-refractivity contribution in [1.29, 1.82) is 0 Å². The lowest BCUT2D eigenvalue weighted by Gasteiger charge is -2.37. The highest BCUT2D eigenvalue weighted by Gasteiger charge is 2.31. The van der Waals surface area contributed by atoms with Gasteiger partial charge >= 0.3 is 0 Å². The van der Waals surface area contributed by atoms with Crippen LogP contribution in [0.4, 0.5) is 0 Å². The largest absolute Gasteiger partial charge is 0.306 e. The third kappa shape index (κ3) is 10.6. The van der Waals surface area contributed by atoms with Crippen molar-refractivity contribution in [1.82, 2.24) is 4.90 Å². The summed E-state index contributed by atoms with van der Waals surface area (Å²) >= 11 is 0. The Labute approximate surface area is 160 Å². The molecule has 1 aliphatic rings. The Morgan fingerprint density at radius 2 is 1.16 bits per heavy atom. The van der Waals surface area contributed by atoms with Crippen LogP contribution >= 0.6 is 0 Å². The third-order valence-electron chi connectivity index (χ3n) is 6.10. The van der Waals surface area contributed by atoms with Gasteiger partial charge in [0.05, 0.1) is 8.07 Å². The fourth-order valence-electron chi connectivity index (χ4n) is 4.81. The second-order valence-electron chi connectivity index (χ2n) is 8.58. The van der Waals surface area contributed by atoms with Crippen LogP contribution in [0.25, 0.3) is 0 Å². The molecule has 0 aromatic heterocycles. The maximum absolute atomic E-state index is 2.92. The first-order valence-corrected chi connectivity index (χ1v) is 14.4. The molecule has 1 nitrogen and oxygen atoms in total. The lowest BCUT2D eigenvalue weighted by Crippen LogP contribution is -2.47. The van der Waals surface area contributed by atoms with E-state index in [2.05, 4.69) is 37.8 Å². The zero-order valence-corrected chi connectivity index (χ0v) is 18.8. The van der Waals surface area contributed by atoms with Crippen LogP contribution < -0.4 is 0 Å². The Hall–Kier alpha value is -0.0831.